The van der Waals surface area contributed by atoms with Crippen molar-refractivity contribution in [2.75, 3.05) is 0 Å². The Labute approximate surface area is 110 Å². The highest BCUT2D eigenvalue weighted by atomic mass is 16.6. The van der Waals surface area contributed by atoms with E-state index >= 15 is 0 Å². The first-order valence-corrected chi connectivity index (χ1v) is 5.62. The van der Waals surface area contributed by atoms with E-state index in [4.69, 9.17) is 5.26 Å². The fourth-order valence-corrected chi connectivity index (χ4v) is 1.69. The SMILES string of the molecule is N#CC(=Cc1cccc([N+](=O)[O-])c1)c1ccccc1. The maximum absolute atomic E-state index is 10.7. The van der Waals surface area contributed by atoms with Gasteiger partial charge < -0.3 is 0 Å². The summed E-state index contributed by atoms with van der Waals surface area (Å²) in [5.74, 6) is 0. The van der Waals surface area contributed by atoms with E-state index in [2.05, 4.69) is 6.07 Å². The van der Waals surface area contributed by atoms with Crippen LogP contribution in [-0.4, -0.2) is 4.92 Å². The molecule has 0 N–H and O–H groups in total. The topological polar surface area (TPSA) is 66.9 Å². The van der Waals surface area contributed by atoms with Crippen molar-refractivity contribution in [2.45, 2.75) is 0 Å². The van der Waals surface area contributed by atoms with Crippen LogP contribution < -0.4 is 0 Å². The summed E-state index contributed by atoms with van der Waals surface area (Å²) in [6, 6.07) is 17.5. The molecular formula is C15H10N2O2. The molecule has 0 saturated carbocycles. The Morgan fingerprint density at radius 3 is 2.53 bits per heavy atom. The molecule has 0 saturated heterocycles. The van der Waals surface area contributed by atoms with Gasteiger partial charge in [0.1, 0.15) is 0 Å². The number of non-ortho nitro benzene ring substituents is 1. The van der Waals surface area contributed by atoms with E-state index in [0.717, 1.165) is 5.56 Å². The maximum Gasteiger partial charge on any atom is 0.270 e. The van der Waals surface area contributed by atoms with Crippen LogP contribution in [0.4, 0.5) is 5.69 Å². The number of nitriles is 1. The number of nitrogens with zero attached hydrogens (tertiary/aromatic N) is 2. The van der Waals surface area contributed by atoms with Gasteiger partial charge in [0.2, 0.25) is 0 Å². The van der Waals surface area contributed by atoms with E-state index in [0.29, 0.717) is 11.1 Å². The van der Waals surface area contributed by atoms with E-state index in [-0.39, 0.29) is 5.69 Å². The van der Waals surface area contributed by atoms with Gasteiger partial charge in [-0.15, -0.1) is 0 Å². The van der Waals surface area contributed by atoms with Crippen molar-refractivity contribution >= 4 is 17.3 Å². The lowest BCUT2D eigenvalue weighted by Crippen LogP contribution is -1.88. The maximum atomic E-state index is 10.7. The molecule has 0 unspecified atom stereocenters. The van der Waals surface area contributed by atoms with E-state index in [1.807, 2.05) is 30.3 Å². The normalized spacial score (nSPS) is 10.8. The first-order valence-electron chi connectivity index (χ1n) is 5.62. The molecule has 2 aromatic carbocycles. The van der Waals surface area contributed by atoms with Gasteiger partial charge in [-0.1, -0.05) is 42.5 Å². The summed E-state index contributed by atoms with van der Waals surface area (Å²) in [4.78, 5) is 10.2. The Hall–Kier alpha value is -2.93. The van der Waals surface area contributed by atoms with Crippen LogP contribution >= 0.6 is 0 Å². The van der Waals surface area contributed by atoms with Crippen molar-refractivity contribution in [3.8, 4) is 6.07 Å². The average Bonchev–Trinajstić information content (AvgIpc) is 2.46. The second kappa shape index (κ2) is 5.61. The molecule has 0 atom stereocenters. The highest BCUT2D eigenvalue weighted by molar-refractivity contribution is 5.89. The Morgan fingerprint density at radius 1 is 1.16 bits per heavy atom. The van der Waals surface area contributed by atoms with Gasteiger partial charge >= 0.3 is 0 Å². The molecule has 2 rings (SSSR count). The minimum Gasteiger partial charge on any atom is -0.258 e. The van der Waals surface area contributed by atoms with E-state index < -0.39 is 4.92 Å². The van der Waals surface area contributed by atoms with Gasteiger partial charge in [-0.25, -0.2) is 0 Å². The van der Waals surface area contributed by atoms with Crippen LogP contribution in [0.25, 0.3) is 11.6 Å². The van der Waals surface area contributed by atoms with Crippen molar-refractivity contribution < 1.29 is 4.92 Å². The van der Waals surface area contributed by atoms with Gasteiger partial charge in [0.05, 0.1) is 16.6 Å². The van der Waals surface area contributed by atoms with Crippen LogP contribution in [0.15, 0.2) is 54.6 Å². The van der Waals surface area contributed by atoms with Crippen molar-refractivity contribution in [2.24, 2.45) is 0 Å². The lowest BCUT2D eigenvalue weighted by Gasteiger charge is -1.99. The zero-order valence-corrected chi connectivity index (χ0v) is 9.98. The average molecular weight is 250 g/mol. The van der Waals surface area contributed by atoms with Crippen LogP contribution in [-0.2, 0) is 0 Å². The fourth-order valence-electron chi connectivity index (χ4n) is 1.69. The molecule has 0 bridgehead atoms. The summed E-state index contributed by atoms with van der Waals surface area (Å²) in [5.41, 5.74) is 1.91. The van der Waals surface area contributed by atoms with Crippen molar-refractivity contribution in [3.05, 3.63) is 75.8 Å². The summed E-state index contributed by atoms with van der Waals surface area (Å²) >= 11 is 0. The predicted octanol–water partition coefficient (Wildman–Crippen LogP) is 3.66. The largest absolute Gasteiger partial charge is 0.270 e. The summed E-state index contributed by atoms with van der Waals surface area (Å²) in [6.45, 7) is 0. The number of allylic oxidation sites excluding steroid dienone is 1. The van der Waals surface area contributed by atoms with E-state index in [1.54, 1.807) is 18.2 Å². The molecule has 0 heterocycles. The molecule has 4 heteroatoms. The minimum absolute atomic E-state index is 0.0131. The van der Waals surface area contributed by atoms with E-state index in [9.17, 15) is 10.1 Å². The summed E-state index contributed by atoms with van der Waals surface area (Å²) in [6.07, 6.45) is 1.64. The van der Waals surface area contributed by atoms with Gasteiger partial charge in [-0.05, 0) is 17.2 Å². The second-order valence-corrected chi connectivity index (χ2v) is 3.89. The molecule has 0 aliphatic carbocycles. The molecule has 0 aliphatic rings. The van der Waals surface area contributed by atoms with Crippen LogP contribution in [0.1, 0.15) is 11.1 Å². The number of hydrogen-bond donors (Lipinski definition) is 0. The fraction of sp³-hybridized carbons (Fsp3) is 0. The number of nitro groups is 1. The first kappa shape index (κ1) is 12.5. The molecule has 0 fully saturated rings. The molecule has 4 nitrogen and oxygen atoms in total. The third kappa shape index (κ3) is 3.05. The predicted molar refractivity (Wildman–Crippen MR) is 73.0 cm³/mol. The number of nitro benzene ring substituents is 1. The number of benzene rings is 2. The Morgan fingerprint density at radius 2 is 1.89 bits per heavy atom. The highest BCUT2D eigenvalue weighted by Gasteiger charge is 2.05. The Bertz CT molecular complexity index is 670. The van der Waals surface area contributed by atoms with E-state index in [1.165, 1.54) is 12.1 Å². The summed E-state index contributed by atoms with van der Waals surface area (Å²) < 4.78 is 0. The van der Waals surface area contributed by atoms with Gasteiger partial charge in [-0.3, -0.25) is 10.1 Å². The number of rotatable bonds is 3. The summed E-state index contributed by atoms with van der Waals surface area (Å²) in [5, 5.41) is 19.9. The number of hydrogen-bond acceptors (Lipinski definition) is 3. The molecular weight excluding hydrogens is 240 g/mol. The second-order valence-electron chi connectivity index (χ2n) is 3.89. The van der Waals surface area contributed by atoms with Crippen LogP contribution in [0, 0.1) is 21.4 Å². The smallest absolute Gasteiger partial charge is 0.258 e. The standard InChI is InChI=1S/C15H10N2O2/c16-11-14(13-6-2-1-3-7-13)9-12-5-4-8-15(10-12)17(18)19/h1-10H. The van der Waals surface area contributed by atoms with Gasteiger partial charge in [0.25, 0.3) is 5.69 Å². The van der Waals surface area contributed by atoms with Crippen LogP contribution in [0.2, 0.25) is 0 Å². The van der Waals surface area contributed by atoms with Crippen molar-refractivity contribution in [1.29, 1.82) is 5.26 Å². The van der Waals surface area contributed by atoms with Crippen molar-refractivity contribution in [3.63, 3.8) is 0 Å². The quantitative estimate of drug-likeness (QED) is 0.361. The molecule has 0 radical (unpaired) electrons. The molecule has 0 aromatic heterocycles. The minimum atomic E-state index is -0.452. The zero-order chi connectivity index (χ0) is 13.7. The van der Waals surface area contributed by atoms with Crippen molar-refractivity contribution in [1.82, 2.24) is 0 Å². The third-order valence-corrected chi connectivity index (χ3v) is 2.60. The Balaban J connectivity index is 2.42. The molecule has 19 heavy (non-hydrogen) atoms. The third-order valence-electron chi connectivity index (χ3n) is 2.60. The lowest BCUT2D eigenvalue weighted by molar-refractivity contribution is -0.384. The summed E-state index contributed by atoms with van der Waals surface area (Å²) in [7, 11) is 0. The molecule has 0 spiro atoms. The lowest BCUT2D eigenvalue weighted by atomic mass is 10.0. The highest BCUT2D eigenvalue weighted by Crippen LogP contribution is 2.20. The van der Waals surface area contributed by atoms with Crippen LogP contribution in [0.3, 0.4) is 0 Å². The first-order chi connectivity index (χ1) is 9.20. The van der Waals surface area contributed by atoms with Gasteiger partial charge in [0.15, 0.2) is 0 Å². The molecule has 0 aliphatic heterocycles. The molecule has 0 amide bonds. The van der Waals surface area contributed by atoms with Gasteiger partial charge in [0, 0.05) is 12.1 Å². The molecule has 2 aromatic rings. The molecule has 92 valence electrons. The van der Waals surface area contributed by atoms with Gasteiger partial charge in [-0.2, -0.15) is 5.26 Å². The Kier molecular flexibility index (Phi) is 3.70. The zero-order valence-electron chi connectivity index (χ0n) is 9.98. The van der Waals surface area contributed by atoms with Crippen LogP contribution in [0.5, 0.6) is 0 Å². The monoisotopic (exact) mass is 250 g/mol.